The molecule has 0 aliphatic rings. The van der Waals surface area contributed by atoms with Gasteiger partial charge in [0, 0.05) is 0 Å². The average molecular weight is 559 g/mol. The fourth-order valence-corrected chi connectivity index (χ4v) is 5.44. The van der Waals surface area contributed by atoms with Crippen molar-refractivity contribution in [3.63, 3.8) is 0 Å². The monoisotopic (exact) mass is 558 g/mol. The van der Waals surface area contributed by atoms with Crippen LogP contribution in [0.5, 0.6) is 0 Å². The molecule has 3 heterocycles. The van der Waals surface area contributed by atoms with E-state index in [4.69, 9.17) is 0 Å². The first-order valence-corrected chi connectivity index (χ1v) is 14.1. The fourth-order valence-electron chi connectivity index (χ4n) is 3.02. The molecule has 0 saturated carbocycles. The Morgan fingerprint density at radius 1 is 0.417 bits per heavy atom. The fraction of sp³-hybridized carbons (Fsp3) is 0.778. The van der Waals surface area contributed by atoms with Crippen LogP contribution in [0.4, 0.5) is 0 Å². The van der Waals surface area contributed by atoms with Gasteiger partial charge in [-0.15, -0.1) is 10.2 Å². The molecule has 0 aromatic carbocycles. The van der Waals surface area contributed by atoms with Crippen molar-refractivity contribution < 1.29 is 0 Å². The Balaban J connectivity index is -0.000000436. The second kappa shape index (κ2) is 18.9. The van der Waals surface area contributed by atoms with E-state index in [1.165, 1.54) is 67.3 Å². The molecule has 0 radical (unpaired) electrons. The summed E-state index contributed by atoms with van der Waals surface area (Å²) in [7, 11) is 0. The first kappa shape index (κ1) is 39.2. The Labute approximate surface area is 235 Å². The molecule has 36 heavy (non-hydrogen) atoms. The molecular formula is C27H54N6S3. The Hall–Kier alpha value is -1.32. The Morgan fingerprint density at radius 3 is 0.889 bits per heavy atom. The minimum atomic E-state index is 0. The number of hydrogen-bond donors (Lipinski definition) is 0. The van der Waals surface area contributed by atoms with Crippen LogP contribution in [-0.4, -0.2) is 27.9 Å². The van der Waals surface area contributed by atoms with E-state index in [1.807, 2.05) is 0 Å². The maximum atomic E-state index is 4.27. The molecule has 0 N–H and O–H groups in total. The van der Waals surface area contributed by atoms with Gasteiger partial charge in [-0.25, -0.2) is 0 Å². The van der Waals surface area contributed by atoms with Gasteiger partial charge in [-0.05, 0) is 58.6 Å². The van der Waals surface area contributed by atoms with Gasteiger partial charge in [-0.2, -0.15) is 8.75 Å². The molecule has 0 bridgehead atoms. The Morgan fingerprint density at radius 2 is 0.694 bits per heavy atom. The van der Waals surface area contributed by atoms with Crippen LogP contribution in [0.2, 0.25) is 0 Å². The quantitative estimate of drug-likeness (QED) is 0.299. The van der Waals surface area contributed by atoms with Gasteiger partial charge in [-0.3, -0.25) is 0 Å². The first-order valence-electron chi connectivity index (χ1n) is 11.8. The number of rotatable bonds is 6. The van der Waals surface area contributed by atoms with Gasteiger partial charge in [0.05, 0.1) is 44.3 Å². The minimum Gasteiger partial charge on any atom is -0.178 e. The van der Waals surface area contributed by atoms with Crippen molar-refractivity contribution in [2.75, 3.05) is 0 Å². The standard InChI is InChI=1S/3C8H14N2S.3CH4/c2*1-5(2)7-8(6(3)4)11-10-9-7;1-5(2)7-8(6(3)4)10-11-9-7;;;/h3*5-6H,1-4H3;3*1H4. The zero-order valence-electron chi connectivity index (χ0n) is 22.4. The highest BCUT2D eigenvalue weighted by molar-refractivity contribution is 7.06. The summed E-state index contributed by atoms with van der Waals surface area (Å²) in [6.07, 6.45) is 0. The Bertz CT molecular complexity index is 737. The largest absolute Gasteiger partial charge is 0.178 e. The molecular weight excluding hydrogens is 505 g/mol. The summed E-state index contributed by atoms with van der Waals surface area (Å²) in [5.41, 5.74) is 4.69. The predicted molar refractivity (Wildman–Crippen MR) is 164 cm³/mol. The van der Waals surface area contributed by atoms with E-state index in [-0.39, 0.29) is 22.3 Å². The second-order valence-electron chi connectivity index (χ2n) is 10.0. The zero-order chi connectivity index (χ0) is 25.3. The molecule has 210 valence electrons. The van der Waals surface area contributed by atoms with Crippen LogP contribution in [0, 0.1) is 0 Å². The van der Waals surface area contributed by atoms with E-state index in [0.717, 1.165) is 0 Å². The minimum absolute atomic E-state index is 0. The third kappa shape index (κ3) is 11.8. The molecule has 0 aliphatic carbocycles. The number of aromatic nitrogens is 6. The van der Waals surface area contributed by atoms with Crippen molar-refractivity contribution in [1.82, 2.24) is 27.9 Å². The van der Waals surface area contributed by atoms with Crippen LogP contribution in [-0.2, 0) is 0 Å². The number of nitrogens with zero attached hydrogens (tertiary/aromatic N) is 6. The highest BCUT2D eigenvalue weighted by Crippen LogP contribution is 2.27. The maximum Gasteiger partial charge on any atom is 0.0815 e. The molecule has 0 atom stereocenters. The lowest BCUT2D eigenvalue weighted by atomic mass is 10.0. The molecule has 0 unspecified atom stereocenters. The topological polar surface area (TPSA) is 77.3 Å². The molecule has 3 rings (SSSR count). The van der Waals surface area contributed by atoms with Gasteiger partial charge in [0.25, 0.3) is 0 Å². The maximum absolute atomic E-state index is 4.27. The molecule has 0 saturated heterocycles. The van der Waals surface area contributed by atoms with Gasteiger partial charge >= 0.3 is 0 Å². The van der Waals surface area contributed by atoms with E-state index in [1.54, 1.807) is 0 Å². The van der Waals surface area contributed by atoms with Gasteiger partial charge in [0.1, 0.15) is 0 Å². The van der Waals surface area contributed by atoms with Crippen LogP contribution in [0.15, 0.2) is 0 Å². The zero-order valence-corrected chi connectivity index (χ0v) is 24.8. The van der Waals surface area contributed by atoms with Crippen LogP contribution < -0.4 is 0 Å². The van der Waals surface area contributed by atoms with Crippen molar-refractivity contribution in [1.29, 1.82) is 0 Å². The molecule has 0 spiro atoms. The van der Waals surface area contributed by atoms with E-state index < -0.39 is 0 Å². The summed E-state index contributed by atoms with van der Waals surface area (Å²) < 4.78 is 16.4. The smallest absolute Gasteiger partial charge is 0.0815 e. The van der Waals surface area contributed by atoms with Gasteiger partial charge in [-0.1, -0.05) is 114 Å². The van der Waals surface area contributed by atoms with Crippen molar-refractivity contribution in [2.24, 2.45) is 0 Å². The van der Waals surface area contributed by atoms with E-state index in [0.29, 0.717) is 35.5 Å². The molecule has 6 nitrogen and oxygen atoms in total. The first-order chi connectivity index (χ1) is 15.4. The number of hydrogen-bond acceptors (Lipinski definition) is 9. The summed E-state index contributed by atoms with van der Waals surface area (Å²) in [5.74, 6) is 3.15. The summed E-state index contributed by atoms with van der Waals surface area (Å²) in [5, 5.41) is 8.21. The van der Waals surface area contributed by atoms with E-state index in [2.05, 4.69) is 111 Å². The summed E-state index contributed by atoms with van der Waals surface area (Å²) >= 11 is 4.37. The third-order valence-corrected chi connectivity index (χ3v) is 7.50. The second-order valence-corrected chi connectivity index (χ2v) is 12.1. The van der Waals surface area contributed by atoms with E-state index >= 15 is 0 Å². The summed E-state index contributed by atoms with van der Waals surface area (Å²) in [4.78, 5) is 2.67. The molecule has 3 aromatic rings. The van der Waals surface area contributed by atoms with Crippen molar-refractivity contribution >= 4 is 34.8 Å². The van der Waals surface area contributed by atoms with Crippen LogP contribution >= 0.6 is 34.8 Å². The van der Waals surface area contributed by atoms with Gasteiger partial charge in [0.15, 0.2) is 0 Å². The highest BCUT2D eigenvalue weighted by Gasteiger charge is 2.15. The molecule has 0 fully saturated rings. The van der Waals surface area contributed by atoms with Crippen LogP contribution in [0.25, 0.3) is 0 Å². The lowest BCUT2D eigenvalue weighted by molar-refractivity contribution is 0.759. The van der Waals surface area contributed by atoms with Crippen molar-refractivity contribution in [2.45, 2.75) is 141 Å². The van der Waals surface area contributed by atoms with Crippen molar-refractivity contribution in [3.8, 4) is 0 Å². The van der Waals surface area contributed by atoms with Crippen molar-refractivity contribution in [3.05, 3.63) is 32.5 Å². The highest BCUT2D eigenvalue weighted by atomic mass is 32.1. The lowest BCUT2D eigenvalue weighted by Crippen LogP contribution is -1.96. The summed E-state index contributed by atoms with van der Waals surface area (Å²) in [6, 6.07) is 0. The van der Waals surface area contributed by atoms with E-state index in [9.17, 15) is 0 Å². The molecule has 0 aliphatic heterocycles. The van der Waals surface area contributed by atoms with Gasteiger partial charge in [0.2, 0.25) is 0 Å². The van der Waals surface area contributed by atoms with Crippen LogP contribution in [0.3, 0.4) is 0 Å². The third-order valence-electron chi connectivity index (χ3n) is 4.86. The SMILES string of the molecule is C.C.C.CC(C)c1nnsc1C(C)C.CC(C)c1nnsc1C(C)C.CC(C)c1nsnc1C(C)C. The molecule has 3 aromatic heterocycles. The molecule has 0 amide bonds. The predicted octanol–water partition coefficient (Wildman–Crippen LogP) is 10.3. The lowest BCUT2D eigenvalue weighted by Gasteiger charge is -2.05. The molecule has 9 heteroatoms. The van der Waals surface area contributed by atoms with Crippen LogP contribution in [0.1, 0.15) is 173 Å². The van der Waals surface area contributed by atoms with Gasteiger partial charge < -0.3 is 0 Å². The Kier molecular flexibility index (Phi) is 20.5. The average Bonchev–Trinajstić information content (AvgIpc) is 3.48. The summed E-state index contributed by atoms with van der Waals surface area (Å²) in [6.45, 7) is 26.0. The normalized spacial score (nSPS) is 10.5.